The standard InChI is InChI=1S/C16H24N4S/c1-11(2)17-7-14-8-18-12(3)6-15(14)20(5)9-16-13(4)19-10-21-16/h6,8,10-11,17H,7,9H2,1-5H3. The van der Waals surface area contributed by atoms with Crippen molar-refractivity contribution >= 4 is 17.0 Å². The van der Waals surface area contributed by atoms with Crippen molar-refractivity contribution in [2.75, 3.05) is 11.9 Å². The first kappa shape index (κ1) is 15.9. The lowest BCUT2D eigenvalue weighted by molar-refractivity contribution is 0.587. The van der Waals surface area contributed by atoms with Crippen molar-refractivity contribution in [2.45, 2.75) is 46.8 Å². The van der Waals surface area contributed by atoms with Crippen LogP contribution < -0.4 is 10.2 Å². The molecule has 0 atom stereocenters. The number of nitrogens with one attached hydrogen (secondary N) is 1. The molecule has 0 aliphatic rings. The van der Waals surface area contributed by atoms with E-state index >= 15 is 0 Å². The zero-order chi connectivity index (χ0) is 15.4. The van der Waals surface area contributed by atoms with E-state index in [4.69, 9.17) is 0 Å². The summed E-state index contributed by atoms with van der Waals surface area (Å²) in [5.41, 5.74) is 6.56. The largest absolute Gasteiger partial charge is 0.369 e. The summed E-state index contributed by atoms with van der Waals surface area (Å²) in [7, 11) is 2.13. The van der Waals surface area contributed by atoms with E-state index in [0.29, 0.717) is 6.04 Å². The summed E-state index contributed by atoms with van der Waals surface area (Å²) < 4.78 is 0. The van der Waals surface area contributed by atoms with E-state index in [1.807, 2.05) is 18.6 Å². The van der Waals surface area contributed by atoms with Crippen LogP contribution in [0.1, 0.15) is 35.7 Å². The Bertz CT molecular complexity index is 592. The van der Waals surface area contributed by atoms with Gasteiger partial charge in [-0.25, -0.2) is 4.98 Å². The average molecular weight is 304 g/mol. The monoisotopic (exact) mass is 304 g/mol. The van der Waals surface area contributed by atoms with E-state index in [1.54, 1.807) is 11.3 Å². The molecule has 0 saturated heterocycles. The fraction of sp³-hybridized carbons (Fsp3) is 0.500. The zero-order valence-electron chi connectivity index (χ0n) is 13.5. The van der Waals surface area contributed by atoms with Gasteiger partial charge in [0.25, 0.3) is 0 Å². The average Bonchev–Trinajstić information content (AvgIpc) is 2.82. The minimum absolute atomic E-state index is 0.466. The highest BCUT2D eigenvalue weighted by atomic mass is 32.1. The molecule has 21 heavy (non-hydrogen) atoms. The number of rotatable bonds is 6. The van der Waals surface area contributed by atoms with Crippen molar-refractivity contribution in [1.29, 1.82) is 0 Å². The van der Waals surface area contributed by atoms with Crippen LogP contribution in [0.15, 0.2) is 17.8 Å². The second kappa shape index (κ2) is 7.00. The third kappa shape index (κ3) is 4.25. The van der Waals surface area contributed by atoms with Crippen LogP contribution in [0.5, 0.6) is 0 Å². The maximum Gasteiger partial charge on any atom is 0.0798 e. The van der Waals surface area contributed by atoms with Gasteiger partial charge in [0.2, 0.25) is 0 Å². The van der Waals surface area contributed by atoms with Crippen LogP contribution in [0.2, 0.25) is 0 Å². The molecule has 2 heterocycles. The molecule has 0 aromatic carbocycles. The molecule has 0 saturated carbocycles. The van der Waals surface area contributed by atoms with Crippen LogP contribution in [-0.4, -0.2) is 23.1 Å². The van der Waals surface area contributed by atoms with Gasteiger partial charge in [-0.3, -0.25) is 4.98 Å². The van der Waals surface area contributed by atoms with E-state index in [1.165, 1.54) is 16.1 Å². The van der Waals surface area contributed by atoms with E-state index in [-0.39, 0.29) is 0 Å². The van der Waals surface area contributed by atoms with Crippen molar-refractivity contribution in [3.05, 3.63) is 39.6 Å². The topological polar surface area (TPSA) is 41.1 Å². The minimum atomic E-state index is 0.466. The maximum atomic E-state index is 4.44. The van der Waals surface area contributed by atoms with Crippen LogP contribution in [0.4, 0.5) is 5.69 Å². The van der Waals surface area contributed by atoms with E-state index in [0.717, 1.165) is 24.5 Å². The van der Waals surface area contributed by atoms with E-state index < -0.39 is 0 Å². The number of thiazole rings is 1. The normalized spacial score (nSPS) is 11.1. The molecule has 0 radical (unpaired) electrons. The fourth-order valence-electron chi connectivity index (χ4n) is 2.16. The summed E-state index contributed by atoms with van der Waals surface area (Å²) in [5.74, 6) is 0. The molecule has 1 N–H and O–H groups in total. The zero-order valence-corrected chi connectivity index (χ0v) is 14.3. The summed E-state index contributed by atoms with van der Waals surface area (Å²) in [5, 5.41) is 3.47. The molecule has 2 aromatic rings. The van der Waals surface area contributed by atoms with Crippen molar-refractivity contribution in [3.63, 3.8) is 0 Å². The number of hydrogen-bond acceptors (Lipinski definition) is 5. The first-order valence-corrected chi connectivity index (χ1v) is 8.14. The van der Waals surface area contributed by atoms with E-state index in [9.17, 15) is 0 Å². The Morgan fingerprint density at radius 2 is 2.05 bits per heavy atom. The van der Waals surface area contributed by atoms with Gasteiger partial charge >= 0.3 is 0 Å². The number of aryl methyl sites for hydroxylation is 2. The van der Waals surface area contributed by atoms with Gasteiger partial charge in [0, 0.05) is 47.7 Å². The SMILES string of the molecule is Cc1cc(N(C)Cc2scnc2C)c(CNC(C)C)cn1. The molecular formula is C16H24N4S. The Labute approximate surface area is 131 Å². The number of nitrogens with zero attached hydrogens (tertiary/aromatic N) is 3. The van der Waals surface area contributed by atoms with Gasteiger partial charge in [0.05, 0.1) is 17.7 Å². The molecule has 0 amide bonds. The molecule has 5 heteroatoms. The third-order valence-electron chi connectivity index (χ3n) is 3.44. The lowest BCUT2D eigenvalue weighted by Gasteiger charge is -2.23. The van der Waals surface area contributed by atoms with Gasteiger partial charge in [-0.15, -0.1) is 11.3 Å². The van der Waals surface area contributed by atoms with Crippen molar-refractivity contribution in [3.8, 4) is 0 Å². The van der Waals surface area contributed by atoms with Gasteiger partial charge < -0.3 is 10.2 Å². The highest BCUT2D eigenvalue weighted by Crippen LogP contribution is 2.24. The van der Waals surface area contributed by atoms with Crippen LogP contribution in [0, 0.1) is 13.8 Å². The second-order valence-corrected chi connectivity index (χ2v) is 6.65. The molecule has 0 aliphatic heterocycles. The quantitative estimate of drug-likeness (QED) is 0.889. The summed E-state index contributed by atoms with van der Waals surface area (Å²) in [6.07, 6.45) is 1.98. The first-order chi connectivity index (χ1) is 9.97. The molecule has 4 nitrogen and oxygen atoms in total. The summed E-state index contributed by atoms with van der Waals surface area (Å²) in [4.78, 5) is 12.4. The summed E-state index contributed by atoms with van der Waals surface area (Å²) >= 11 is 1.72. The van der Waals surface area contributed by atoms with Gasteiger partial charge in [-0.1, -0.05) is 13.8 Å². The minimum Gasteiger partial charge on any atom is -0.369 e. The predicted molar refractivity (Wildman–Crippen MR) is 89.9 cm³/mol. The van der Waals surface area contributed by atoms with Crippen LogP contribution in [0.25, 0.3) is 0 Å². The van der Waals surface area contributed by atoms with E-state index in [2.05, 4.69) is 54.1 Å². The fourth-order valence-corrected chi connectivity index (χ4v) is 2.99. The van der Waals surface area contributed by atoms with Gasteiger partial charge in [0.15, 0.2) is 0 Å². The second-order valence-electron chi connectivity index (χ2n) is 5.71. The molecule has 0 fully saturated rings. The Kier molecular flexibility index (Phi) is 5.31. The summed E-state index contributed by atoms with van der Waals surface area (Å²) in [6.45, 7) is 10.1. The van der Waals surface area contributed by atoms with Crippen LogP contribution in [-0.2, 0) is 13.1 Å². The molecule has 114 valence electrons. The Morgan fingerprint density at radius 3 is 2.67 bits per heavy atom. The number of aromatic nitrogens is 2. The van der Waals surface area contributed by atoms with Gasteiger partial charge in [-0.05, 0) is 19.9 Å². The Morgan fingerprint density at radius 1 is 1.29 bits per heavy atom. The smallest absolute Gasteiger partial charge is 0.0798 e. The van der Waals surface area contributed by atoms with Crippen molar-refractivity contribution < 1.29 is 0 Å². The number of hydrogen-bond donors (Lipinski definition) is 1. The molecule has 2 rings (SSSR count). The molecule has 2 aromatic heterocycles. The lowest BCUT2D eigenvalue weighted by atomic mass is 10.1. The molecule has 0 spiro atoms. The highest BCUT2D eigenvalue weighted by molar-refractivity contribution is 7.09. The van der Waals surface area contributed by atoms with Gasteiger partial charge in [-0.2, -0.15) is 0 Å². The predicted octanol–water partition coefficient (Wildman–Crippen LogP) is 3.29. The summed E-state index contributed by atoms with van der Waals surface area (Å²) in [6, 6.07) is 2.63. The Hall–Kier alpha value is -1.46. The van der Waals surface area contributed by atoms with Gasteiger partial charge in [0.1, 0.15) is 0 Å². The number of anilines is 1. The van der Waals surface area contributed by atoms with Crippen LogP contribution in [0.3, 0.4) is 0 Å². The molecular weight excluding hydrogens is 280 g/mol. The first-order valence-electron chi connectivity index (χ1n) is 7.26. The molecule has 0 aliphatic carbocycles. The lowest BCUT2D eigenvalue weighted by Crippen LogP contribution is -2.25. The highest BCUT2D eigenvalue weighted by Gasteiger charge is 2.12. The van der Waals surface area contributed by atoms with Crippen molar-refractivity contribution in [1.82, 2.24) is 15.3 Å². The third-order valence-corrected chi connectivity index (χ3v) is 4.36. The van der Waals surface area contributed by atoms with Crippen LogP contribution >= 0.6 is 11.3 Å². The molecule has 0 bridgehead atoms. The Balaban J connectivity index is 2.20. The number of pyridine rings is 1. The molecule has 0 unspecified atom stereocenters. The maximum absolute atomic E-state index is 4.44. The van der Waals surface area contributed by atoms with Crippen molar-refractivity contribution in [2.24, 2.45) is 0 Å².